The molecule has 0 aromatic heterocycles. The Bertz CT molecular complexity index is 1150. The van der Waals surface area contributed by atoms with Gasteiger partial charge in [0, 0.05) is 11.8 Å². The molecule has 0 aliphatic rings. The summed E-state index contributed by atoms with van der Waals surface area (Å²) in [4.78, 5) is 47.9. The average molecular weight is 482 g/mol. The molecule has 1 N–H and O–H groups in total. The number of anilines is 1. The van der Waals surface area contributed by atoms with E-state index in [-0.39, 0.29) is 23.4 Å². The Hall–Kier alpha value is -4.85. The number of carbonyl (C=O) groups excluding carboxylic acids is 4. The van der Waals surface area contributed by atoms with Crippen LogP contribution in [0.5, 0.6) is 11.5 Å². The van der Waals surface area contributed by atoms with Crippen LogP contribution in [-0.2, 0) is 23.8 Å². The van der Waals surface area contributed by atoms with E-state index >= 15 is 0 Å². The van der Waals surface area contributed by atoms with E-state index in [2.05, 4.69) is 14.8 Å². The fraction of sp³-hybridized carbons (Fsp3) is 0.208. The van der Waals surface area contributed by atoms with Gasteiger partial charge in [-0.3, -0.25) is 4.79 Å². The Labute approximate surface area is 200 Å². The third-order valence-corrected chi connectivity index (χ3v) is 4.30. The van der Waals surface area contributed by atoms with Crippen molar-refractivity contribution in [1.82, 2.24) is 0 Å². The maximum absolute atomic E-state index is 12.2. The van der Waals surface area contributed by atoms with Crippen LogP contribution in [0.15, 0.2) is 42.5 Å². The van der Waals surface area contributed by atoms with E-state index < -0.39 is 30.4 Å². The van der Waals surface area contributed by atoms with Crippen molar-refractivity contribution in [2.45, 2.75) is 0 Å². The van der Waals surface area contributed by atoms with E-state index in [1.54, 1.807) is 18.2 Å². The lowest BCUT2D eigenvalue weighted by molar-refractivity contribution is -0.142. The van der Waals surface area contributed by atoms with Crippen LogP contribution >= 0.6 is 0 Å². The molecule has 0 fully saturated rings. The molecule has 2 aromatic rings. The quantitative estimate of drug-likeness (QED) is 0.304. The third kappa shape index (κ3) is 7.90. The van der Waals surface area contributed by atoms with Crippen LogP contribution in [0.2, 0.25) is 0 Å². The van der Waals surface area contributed by atoms with E-state index in [0.717, 1.165) is 6.08 Å². The standard InChI is InChI=1S/C24H22N2O9/c1-31-20-10-15(4-6-19(20)34-9-8-25)5-7-22(28)35-14-21(27)26-18-12-16(23(29)32-2)11-17(13-18)24(30)33-3/h4-7,10-13H,9,14H2,1-3H3,(H,26,27)/b7-5+. The number of ether oxygens (including phenoxy) is 5. The Morgan fingerprint density at radius 2 is 1.60 bits per heavy atom. The molecule has 0 atom stereocenters. The van der Waals surface area contributed by atoms with Crippen molar-refractivity contribution in [1.29, 1.82) is 5.26 Å². The molecule has 0 unspecified atom stereocenters. The lowest BCUT2D eigenvalue weighted by Gasteiger charge is -2.10. The van der Waals surface area contributed by atoms with Crippen molar-refractivity contribution in [3.05, 3.63) is 59.2 Å². The molecule has 0 heterocycles. The summed E-state index contributed by atoms with van der Waals surface area (Å²) in [6, 6.07) is 10.5. The highest BCUT2D eigenvalue weighted by Gasteiger charge is 2.15. The first kappa shape index (κ1) is 26.4. The highest BCUT2D eigenvalue weighted by molar-refractivity contribution is 6.00. The molecule has 0 saturated carbocycles. The van der Waals surface area contributed by atoms with Crippen molar-refractivity contribution in [3.8, 4) is 17.6 Å². The van der Waals surface area contributed by atoms with E-state index in [4.69, 9.17) is 19.5 Å². The zero-order chi connectivity index (χ0) is 25.8. The summed E-state index contributed by atoms with van der Waals surface area (Å²) < 4.78 is 24.6. The molecular weight excluding hydrogens is 460 g/mol. The molecule has 35 heavy (non-hydrogen) atoms. The van der Waals surface area contributed by atoms with Gasteiger partial charge in [-0.25, -0.2) is 14.4 Å². The molecule has 11 nitrogen and oxygen atoms in total. The maximum atomic E-state index is 12.2. The van der Waals surface area contributed by atoms with Crippen molar-refractivity contribution in [3.63, 3.8) is 0 Å². The second-order valence-electron chi connectivity index (χ2n) is 6.63. The van der Waals surface area contributed by atoms with Gasteiger partial charge in [-0.05, 0) is 42.0 Å². The van der Waals surface area contributed by atoms with Gasteiger partial charge in [0.1, 0.15) is 6.07 Å². The lowest BCUT2D eigenvalue weighted by atomic mass is 10.1. The number of esters is 3. The summed E-state index contributed by atoms with van der Waals surface area (Å²) in [5, 5.41) is 11.0. The minimum Gasteiger partial charge on any atom is -0.493 e. The van der Waals surface area contributed by atoms with Crippen LogP contribution in [-0.4, -0.2) is 58.4 Å². The Morgan fingerprint density at radius 1 is 0.943 bits per heavy atom. The molecule has 1 amide bonds. The maximum Gasteiger partial charge on any atom is 0.337 e. The van der Waals surface area contributed by atoms with Gasteiger partial charge in [0.25, 0.3) is 5.91 Å². The molecule has 0 radical (unpaired) electrons. The fourth-order valence-electron chi connectivity index (χ4n) is 2.73. The molecule has 2 aromatic carbocycles. The third-order valence-electron chi connectivity index (χ3n) is 4.30. The monoisotopic (exact) mass is 482 g/mol. The van der Waals surface area contributed by atoms with Gasteiger partial charge in [-0.1, -0.05) is 6.07 Å². The topological polar surface area (TPSA) is 150 Å². The summed E-state index contributed by atoms with van der Waals surface area (Å²) in [5.74, 6) is -2.19. The van der Waals surface area contributed by atoms with Gasteiger partial charge in [0.15, 0.2) is 24.7 Å². The first-order valence-corrected chi connectivity index (χ1v) is 9.95. The van der Waals surface area contributed by atoms with Gasteiger partial charge in [-0.2, -0.15) is 5.26 Å². The van der Waals surface area contributed by atoms with Gasteiger partial charge >= 0.3 is 17.9 Å². The minimum atomic E-state index is -0.789. The number of hydrogen-bond acceptors (Lipinski definition) is 10. The number of benzene rings is 2. The highest BCUT2D eigenvalue weighted by atomic mass is 16.5. The van der Waals surface area contributed by atoms with E-state index in [1.807, 2.05) is 6.07 Å². The smallest absolute Gasteiger partial charge is 0.337 e. The number of hydrogen-bond donors (Lipinski definition) is 1. The van der Waals surface area contributed by atoms with Crippen LogP contribution in [0.4, 0.5) is 5.69 Å². The van der Waals surface area contributed by atoms with E-state index in [1.165, 1.54) is 45.6 Å². The summed E-state index contributed by atoms with van der Waals surface area (Å²) in [5.41, 5.74) is 0.730. The summed E-state index contributed by atoms with van der Waals surface area (Å²) >= 11 is 0. The second kappa shape index (κ2) is 13.0. The zero-order valence-electron chi connectivity index (χ0n) is 19.2. The molecule has 0 aliphatic heterocycles. The first-order chi connectivity index (χ1) is 16.8. The first-order valence-electron chi connectivity index (χ1n) is 9.95. The number of methoxy groups -OCH3 is 3. The molecule has 0 aliphatic carbocycles. The van der Waals surface area contributed by atoms with Crippen LogP contribution in [0.25, 0.3) is 6.08 Å². The second-order valence-corrected chi connectivity index (χ2v) is 6.63. The number of rotatable bonds is 10. The molecule has 0 bridgehead atoms. The van der Waals surface area contributed by atoms with Crippen molar-refractivity contribution in [2.24, 2.45) is 0 Å². The molecular formula is C24H22N2O9. The zero-order valence-corrected chi connectivity index (χ0v) is 19.2. The molecule has 0 spiro atoms. The number of nitriles is 1. The van der Waals surface area contributed by atoms with Crippen molar-refractivity contribution in [2.75, 3.05) is 39.9 Å². The summed E-state index contributed by atoms with van der Waals surface area (Å²) in [6.45, 7) is -0.764. The predicted molar refractivity (Wildman–Crippen MR) is 122 cm³/mol. The van der Waals surface area contributed by atoms with E-state index in [9.17, 15) is 19.2 Å². The van der Waals surface area contributed by atoms with Crippen LogP contribution < -0.4 is 14.8 Å². The van der Waals surface area contributed by atoms with Crippen LogP contribution in [0, 0.1) is 11.3 Å². The minimum absolute atomic E-state index is 0.0186. The van der Waals surface area contributed by atoms with E-state index in [0.29, 0.717) is 17.1 Å². The summed E-state index contributed by atoms with van der Waals surface area (Å²) in [6.07, 6.45) is 2.56. The number of nitrogens with one attached hydrogen (secondary N) is 1. The van der Waals surface area contributed by atoms with Gasteiger partial charge in [0.05, 0.1) is 32.5 Å². The van der Waals surface area contributed by atoms with Crippen LogP contribution in [0.3, 0.4) is 0 Å². The number of amides is 1. The fourth-order valence-corrected chi connectivity index (χ4v) is 2.73. The number of carbonyl (C=O) groups is 4. The molecule has 0 saturated heterocycles. The Kier molecular flexibility index (Phi) is 9.81. The van der Waals surface area contributed by atoms with Crippen molar-refractivity contribution >= 4 is 35.6 Å². The SMILES string of the molecule is COC(=O)c1cc(NC(=O)COC(=O)/C=C/c2ccc(OCC#N)c(OC)c2)cc(C(=O)OC)c1. The van der Waals surface area contributed by atoms with Crippen LogP contribution in [0.1, 0.15) is 26.3 Å². The highest BCUT2D eigenvalue weighted by Crippen LogP contribution is 2.28. The summed E-state index contributed by atoms with van der Waals surface area (Å²) in [7, 11) is 3.78. The molecule has 182 valence electrons. The van der Waals surface area contributed by atoms with Gasteiger partial charge < -0.3 is 29.0 Å². The Balaban J connectivity index is 2.00. The Morgan fingerprint density at radius 3 is 2.17 bits per heavy atom. The normalized spacial score (nSPS) is 10.1. The van der Waals surface area contributed by atoms with Gasteiger partial charge in [0.2, 0.25) is 0 Å². The largest absolute Gasteiger partial charge is 0.493 e. The lowest BCUT2D eigenvalue weighted by Crippen LogP contribution is -2.20. The molecule has 2 rings (SSSR count). The van der Waals surface area contributed by atoms with Crippen molar-refractivity contribution < 1.29 is 42.9 Å². The number of nitrogens with zero attached hydrogens (tertiary/aromatic N) is 1. The molecule has 11 heteroatoms. The predicted octanol–water partition coefficient (Wildman–Crippen LogP) is 2.37. The average Bonchev–Trinajstić information content (AvgIpc) is 2.88. The van der Waals surface area contributed by atoms with Gasteiger partial charge in [-0.15, -0.1) is 0 Å².